The summed E-state index contributed by atoms with van der Waals surface area (Å²) in [4.78, 5) is 11.1. The van der Waals surface area contributed by atoms with Crippen molar-refractivity contribution in [3.05, 3.63) is 0 Å². The Hall–Kier alpha value is -0.530. The van der Waals surface area contributed by atoms with E-state index in [0.29, 0.717) is 6.04 Å². The van der Waals surface area contributed by atoms with Gasteiger partial charge in [-0.3, -0.25) is 4.79 Å². The van der Waals surface area contributed by atoms with Crippen molar-refractivity contribution in [1.29, 1.82) is 0 Å². The van der Waals surface area contributed by atoms with Crippen LogP contribution in [0, 0.1) is 11.8 Å². The van der Waals surface area contributed by atoms with E-state index in [1.165, 1.54) is 44.9 Å². The molecule has 0 aromatic heterocycles. The molecule has 0 bridgehead atoms. The third kappa shape index (κ3) is 2.10. The van der Waals surface area contributed by atoms with Gasteiger partial charge in [0, 0.05) is 13.0 Å². The van der Waals surface area contributed by atoms with Crippen LogP contribution in [0.25, 0.3) is 0 Å². The van der Waals surface area contributed by atoms with Gasteiger partial charge in [-0.15, -0.1) is 0 Å². The lowest BCUT2D eigenvalue weighted by molar-refractivity contribution is -0.120. The third-order valence-electron chi connectivity index (χ3n) is 3.96. The van der Waals surface area contributed by atoms with Gasteiger partial charge in [0.2, 0.25) is 5.91 Å². The van der Waals surface area contributed by atoms with Crippen LogP contribution in [0.5, 0.6) is 0 Å². The molecule has 0 radical (unpaired) electrons. The van der Waals surface area contributed by atoms with Crippen LogP contribution in [-0.2, 0) is 4.79 Å². The van der Waals surface area contributed by atoms with Gasteiger partial charge in [0.05, 0.1) is 0 Å². The number of amides is 1. The second kappa shape index (κ2) is 4.33. The van der Waals surface area contributed by atoms with Gasteiger partial charge >= 0.3 is 0 Å². The van der Waals surface area contributed by atoms with Gasteiger partial charge in [-0.25, -0.2) is 0 Å². The van der Waals surface area contributed by atoms with Gasteiger partial charge in [0.25, 0.3) is 0 Å². The van der Waals surface area contributed by atoms with Crippen LogP contribution in [-0.4, -0.2) is 11.9 Å². The Labute approximate surface area is 86.5 Å². The normalized spacial score (nSPS) is 37.4. The van der Waals surface area contributed by atoms with Crippen molar-refractivity contribution in [3.8, 4) is 0 Å². The predicted octanol–water partition coefficient (Wildman–Crippen LogP) is 2.48. The van der Waals surface area contributed by atoms with Crippen molar-refractivity contribution < 1.29 is 4.79 Å². The summed E-state index contributed by atoms with van der Waals surface area (Å²) in [5.41, 5.74) is 0. The summed E-state index contributed by atoms with van der Waals surface area (Å²) in [7, 11) is 0. The standard InChI is InChI=1S/C12H21NO/c1-9(14)13-12-8-4-6-10-5-2-3-7-11(10)12/h10-12H,2-8H2,1H3,(H,13,14)/t10-,11+,12-/m1/s1. The molecule has 2 saturated carbocycles. The van der Waals surface area contributed by atoms with Crippen molar-refractivity contribution in [2.45, 2.75) is 57.9 Å². The molecule has 3 atom stereocenters. The number of nitrogens with one attached hydrogen (secondary N) is 1. The van der Waals surface area contributed by atoms with E-state index in [9.17, 15) is 4.79 Å². The zero-order chi connectivity index (χ0) is 9.97. The Balaban J connectivity index is 1.97. The van der Waals surface area contributed by atoms with Gasteiger partial charge in [0.1, 0.15) is 0 Å². The summed E-state index contributed by atoms with van der Waals surface area (Å²) in [6.45, 7) is 1.65. The predicted molar refractivity (Wildman–Crippen MR) is 56.9 cm³/mol. The van der Waals surface area contributed by atoms with Gasteiger partial charge in [-0.1, -0.05) is 32.1 Å². The molecule has 0 heterocycles. The van der Waals surface area contributed by atoms with E-state index in [1.54, 1.807) is 6.92 Å². The molecule has 2 aliphatic carbocycles. The molecular formula is C12H21NO. The average Bonchev–Trinajstić information content (AvgIpc) is 2.18. The fraction of sp³-hybridized carbons (Fsp3) is 0.917. The highest BCUT2D eigenvalue weighted by Gasteiger charge is 2.34. The molecular weight excluding hydrogens is 174 g/mol. The minimum Gasteiger partial charge on any atom is -0.353 e. The molecule has 0 aromatic rings. The minimum atomic E-state index is 0.154. The molecule has 2 aliphatic rings. The summed E-state index contributed by atoms with van der Waals surface area (Å²) in [6, 6.07) is 0.492. The lowest BCUT2D eigenvalue weighted by Gasteiger charge is -2.41. The monoisotopic (exact) mass is 195 g/mol. The number of hydrogen-bond donors (Lipinski definition) is 1. The zero-order valence-electron chi connectivity index (χ0n) is 9.09. The van der Waals surface area contributed by atoms with Crippen LogP contribution in [0.2, 0.25) is 0 Å². The van der Waals surface area contributed by atoms with E-state index < -0.39 is 0 Å². The topological polar surface area (TPSA) is 29.1 Å². The number of carbonyl (C=O) groups excluding carboxylic acids is 1. The summed E-state index contributed by atoms with van der Waals surface area (Å²) in [5.74, 6) is 1.86. The first-order valence-electron chi connectivity index (χ1n) is 6.04. The Morgan fingerprint density at radius 3 is 2.57 bits per heavy atom. The first-order chi connectivity index (χ1) is 6.77. The molecule has 0 spiro atoms. The van der Waals surface area contributed by atoms with E-state index in [1.807, 2.05) is 0 Å². The van der Waals surface area contributed by atoms with Crippen LogP contribution in [0.3, 0.4) is 0 Å². The molecule has 0 aliphatic heterocycles. The number of rotatable bonds is 1. The van der Waals surface area contributed by atoms with Gasteiger partial charge in [0.15, 0.2) is 0 Å². The average molecular weight is 195 g/mol. The van der Waals surface area contributed by atoms with Crippen LogP contribution in [0.1, 0.15) is 51.9 Å². The lowest BCUT2D eigenvalue weighted by Crippen LogP contribution is -2.45. The van der Waals surface area contributed by atoms with Crippen LogP contribution in [0.4, 0.5) is 0 Å². The maximum absolute atomic E-state index is 11.1. The molecule has 80 valence electrons. The van der Waals surface area contributed by atoms with Crippen LogP contribution >= 0.6 is 0 Å². The van der Waals surface area contributed by atoms with Crippen molar-refractivity contribution >= 4 is 5.91 Å². The first kappa shape index (κ1) is 10.0. The highest BCUT2D eigenvalue weighted by molar-refractivity contribution is 5.73. The third-order valence-corrected chi connectivity index (χ3v) is 3.96. The fourth-order valence-electron chi connectivity index (χ4n) is 3.38. The molecule has 2 nitrogen and oxygen atoms in total. The SMILES string of the molecule is CC(=O)N[C@@H]1CCC[C@H]2CCCC[C@@H]21. The Morgan fingerprint density at radius 1 is 1.07 bits per heavy atom. The first-order valence-corrected chi connectivity index (χ1v) is 6.04. The zero-order valence-corrected chi connectivity index (χ0v) is 9.09. The Morgan fingerprint density at radius 2 is 1.79 bits per heavy atom. The smallest absolute Gasteiger partial charge is 0.217 e. The molecule has 2 rings (SSSR count). The second-order valence-electron chi connectivity index (χ2n) is 4.95. The fourth-order valence-corrected chi connectivity index (χ4v) is 3.38. The van der Waals surface area contributed by atoms with E-state index in [-0.39, 0.29) is 5.91 Å². The highest BCUT2D eigenvalue weighted by Crippen LogP contribution is 2.40. The Bertz CT molecular complexity index is 212. The quantitative estimate of drug-likeness (QED) is 0.684. The van der Waals surface area contributed by atoms with Crippen molar-refractivity contribution in [3.63, 3.8) is 0 Å². The van der Waals surface area contributed by atoms with Gasteiger partial charge < -0.3 is 5.32 Å². The maximum Gasteiger partial charge on any atom is 0.217 e. The van der Waals surface area contributed by atoms with E-state index in [2.05, 4.69) is 5.32 Å². The largest absolute Gasteiger partial charge is 0.353 e. The number of hydrogen-bond acceptors (Lipinski definition) is 1. The van der Waals surface area contributed by atoms with E-state index >= 15 is 0 Å². The highest BCUT2D eigenvalue weighted by atomic mass is 16.1. The molecule has 1 N–H and O–H groups in total. The molecule has 2 fully saturated rings. The number of fused-ring (bicyclic) bond motifs is 1. The molecule has 0 aromatic carbocycles. The van der Waals surface area contributed by atoms with Gasteiger partial charge in [-0.2, -0.15) is 0 Å². The number of carbonyl (C=O) groups is 1. The van der Waals surface area contributed by atoms with Gasteiger partial charge in [-0.05, 0) is 24.7 Å². The second-order valence-corrected chi connectivity index (χ2v) is 4.95. The van der Waals surface area contributed by atoms with Crippen molar-refractivity contribution in [1.82, 2.24) is 5.32 Å². The minimum absolute atomic E-state index is 0.154. The molecule has 0 saturated heterocycles. The van der Waals surface area contributed by atoms with E-state index in [0.717, 1.165) is 11.8 Å². The van der Waals surface area contributed by atoms with Crippen molar-refractivity contribution in [2.24, 2.45) is 11.8 Å². The maximum atomic E-state index is 11.1. The summed E-state index contributed by atoms with van der Waals surface area (Å²) >= 11 is 0. The Kier molecular flexibility index (Phi) is 3.09. The summed E-state index contributed by atoms with van der Waals surface area (Å²) in [6.07, 6.45) is 9.45. The molecule has 14 heavy (non-hydrogen) atoms. The van der Waals surface area contributed by atoms with E-state index in [4.69, 9.17) is 0 Å². The van der Waals surface area contributed by atoms with Crippen LogP contribution < -0.4 is 5.32 Å². The summed E-state index contributed by atoms with van der Waals surface area (Å²) in [5, 5.41) is 3.14. The van der Waals surface area contributed by atoms with Crippen LogP contribution in [0.15, 0.2) is 0 Å². The molecule has 0 unspecified atom stereocenters. The molecule has 2 heteroatoms. The van der Waals surface area contributed by atoms with Crippen molar-refractivity contribution in [2.75, 3.05) is 0 Å². The lowest BCUT2D eigenvalue weighted by atomic mass is 9.68. The molecule has 1 amide bonds. The summed E-state index contributed by atoms with van der Waals surface area (Å²) < 4.78 is 0.